The van der Waals surface area contributed by atoms with Gasteiger partial charge in [0.25, 0.3) is 0 Å². The highest BCUT2D eigenvalue weighted by Gasteiger charge is 2.40. The molecule has 1 saturated heterocycles. The van der Waals surface area contributed by atoms with E-state index in [-0.39, 0.29) is 22.7 Å². The molecule has 1 aliphatic heterocycles. The van der Waals surface area contributed by atoms with E-state index in [0.717, 1.165) is 11.7 Å². The van der Waals surface area contributed by atoms with Crippen LogP contribution in [0.5, 0.6) is 0 Å². The number of aromatic nitrogens is 2. The largest absolute Gasteiger partial charge is 0.465 e. The summed E-state index contributed by atoms with van der Waals surface area (Å²) >= 11 is 0.935. The highest BCUT2D eigenvalue weighted by molar-refractivity contribution is 7.89. The summed E-state index contributed by atoms with van der Waals surface area (Å²) in [7, 11) is -2.72. The second kappa shape index (κ2) is 8.09. The summed E-state index contributed by atoms with van der Waals surface area (Å²) in [6.07, 6.45) is 0.915. The zero-order chi connectivity index (χ0) is 21.3. The summed E-state index contributed by atoms with van der Waals surface area (Å²) in [6.45, 7) is 0.215. The smallest absolute Gasteiger partial charge is 0.339 e. The minimum Gasteiger partial charge on any atom is -0.465 e. The molecular weight excluding hydrogens is 428 g/mol. The van der Waals surface area contributed by atoms with Crippen molar-refractivity contribution in [3.05, 3.63) is 48.0 Å². The van der Waals surface area contributed by atoms with Gasteiger partial charge in [0, 0.05) is 6.54 Å². The van der Waals surface area contributed by atoms with Crippen LogP contribution < -0.4 is 5.32 Å². The van der Waals surface area contributed by atoms with Gasteiger partial charge < -0.3 is 10.1 Å². The molecule has 1 N–H and O–H groups in total. The lowest BCUT2D eigenvalue weighted by Crippen LogP contribution is -2.43. The van der Waals surface area contributed by atoms with Crippen LogP contribution in [-0.2, 0) is 19.6 Å². The number of esters is 1. The number of benzene rings is 2. The number of hydrogen-bond acceptors (Lipinski definition) is 8. The molecule has 0 spiro atoms. The lowest BCUT2D eigenvalue weighted by atomic mass is 10.1. The molecule has 30 heavy (non-hydrogen) atoms. The number of anilines is 1. The van der Waals surface area contributed by atoms with E-state index in [4.69, 9.17) is 4.74 Å². The van der Waals surface area contributed by atoms with Crippen molar-refractivity contribution < 1.29 is 22.7 Å². The van der Waals surface area contributed by atoms with Crippen LogP contribution in [0.4, 0.5) is 5.69 Å². The fourth-order valence-electron chi connectivity index (χ4n) is 3.50. The van der Waals surface area contributed by atoms with Crippen LogP contribution in [0.25, 0.3) is 11.0 Å². The molecule has 1 amide bonds. The van der Waals surface area contributed by atoms with Crippen LogP contribution in [0.2, 0.25) is 0 Å². The summed E-state index contributed by atoms with van der Waals surface area (Å²) in [5.74, 6) is -1.10. The first kappa shape index (κ1) is 20.4. The molecule has 156 valence electrons. The zero-order valence-electron chi connectivity index (χ0n) is 15.9. The molecule has 0 unspecified atom stereocenters. The van der Waals surface area contributed by atoms with E-state index in [0.29, 0.717) is 23.9 Å². The van der Waals surface area contributed by atoms with Gasteiger partial charge in [-0.1, -0.05) is 18.2 Å². The summed E-state index contributed by atoms with van der Waals surface area (Å²) in [5.41, 5.74) is 1.25. The number of rotatable bonds is 5. The number of carbonyl (C=O) groups excluding carboxylic acids is 2. The predicted molar refractivity (Wildman–Crippen MR) is 111 cm³/mol. The third kappa shape index (κ3) is 3.55. The molecule has 1 aliphatic rings. The predicted octanol–water partition coefficient (Wildman–Crippen LogP) is 2.27. The summed E-state index contributed by atoms with van der Waals surface area (Å²) < 4.78 is 40.8. The second-order valence-electron chi connectivity index (χ2n) is 6.69. The molecule has 1 atom stereocenters. The highest BCUT2D eigenvalue weighted by Crippen LogP contribution is 2.30. The first-order chi connectivity index (χ1) is 14.4. The van der Waals surface area contributed by atoms with Crippen molar-refractivity contribution >= 4 is 50.3 Å². The Balaban J connectivity index is 1.64. The van der Waals surface area contributed by atoms with Gasteiger partial charge in [-0.2, -0.15) is 13.1 Å². The molecule has 1 aromatic heterocycles. The van der Waals surface area contributed by atoms with Crippen molar-refractivity contribution in [1.29, 1.82) is 0 Å². The molecule has 3 aromatic rings. The van der Waals surface area contributed by atoms with E-state index >= 15 is 0 Å². The van der Waals surface area contributed by atoms with Crippen LogP contribution in [0.15, 0.2) is 47.4 Å². The van der Waals surface area contributed by atoms with Crippen molar-refractivity contribution in [1.82, 2.24) is 13.1 Å². The number of ether oxygens (including phenoxy) is 1. The number of hydrogen-bond donors (Lipinski definition) is 1. The van der Waals surface area contributed by atoms with Gasteiger partial charge in [0.1, 0.15) is 22.0 Å². The lowest BCUT2D eigenvalue weighted by Gasteiger charge is -2.23. The maximum absolute atomic E-state index is 13.3. The molecule has 0 radical (unpaired) electrons. The van der Waals surface area contributed by atoms with E-state index in [9.17, 15) is 18.0 Å². The van der Waals surface area contributed by atoms with E-state index in [1.807, 2.05) is 0 Å². The Morgan fingerprint density at radius 3 is 2.77 bits per heavy atom. The lowest BCUT2D eigenvalue weighted by molar-refractivity contribution is -0.119. The Bertz CT molecular complexity index is 1220. The molecule has 9 nitrogen and oxygen atoms in total. The number of sulfonamides is 1. The van der Waals surface area contributed by atoms with Gasteiger partial charge in [-0.3, -0.25) is 4.79 Å². The Morgan fingerprint density at radius 1 is 1.17 bits per heavy atom. The maximum atomic E-state index is 13.3. The maximum Gasteiger partial charge on any atom is 0.339 e. The van der Waals surface area contributed by atoms with Crippen LogP contribution in [0.1, 0.15) is 23.2 Å². The Morgan fingerprint density at radius 2 is 1.97 bits per heavy atom. The number of amides is 1. The van der Waals surface area contributed by atoms with Crippen LogP contribution in [-0.4, -0.2) is 53.0 Å². The quantitative estimate of drug-likeness (QED) is 0.597. The highest BCUT2D eigenvalue weighted by atomic mass is 32.2. The molecule has 2 aromatic carbocycles. The van der Waals surface area contributed by atoms with Crippen LogP contribution in [0, 0.1) is 0 Å². The first-order valence-corrected chi connectivity index (χ1v) is 11.3. The molecule has 0 bridgehead atoms. The van der Waals surface area contributed by atoms with Gasteiger partial charge >= 0.3 is 5.97 Å². The number of carbonyl (C=O) groups is 2. The molecule has 2 heterocycles. The Kier molecular flexibility index (Phi) is 5.50. The molecular formula is C19H18N4O5S2. The summed E-state index contributed by atoms with van der Waals surface area (Å²) in [6, 6.07) is 10.3. The van der Waals surface area contributed by atoms with Gasteiger partial charge in [-0.25, -0.2) is 13.2 Å². The topological polar surface area (TPSA) is 119 Å². The van der Waals surface area contributed by atoms with Crippen molar-refractivity contribution in [2.45, 2.75) is 23.8 Å². The number of nitrogens with one attached hydrogen (secondary N) is 1. The minimum atomic E-state index is -3.97. The van der Waals surface area contributed by atoms with Gasteiger partial charge in [0.15, 0.2) is 0 Å². The van der Waals surface area contributed by atoms with Gasteiger partial charge in [-0.05, 0) is 37.1 Å². The molecule has 1 fully saturated rings. The molecule has 0 aliphatic carbocycles. The van der Waals surface area contributed by atoms with Crippen LogP contribution in [0.3, 0.4) is 0 Å². The Hall–Kier alpha value is -2.89. The monoisotopic (exact) mass is 446 g/mol. The first-order valence-electron chi connectivity index (χ1n) is 9.15. The number of nitrogens with zero attached hydrogens (tertiary/aromatic N) is 3. The molecule has 4 rings (SSSR count). The van der Waals surface area contributed by atoms with Crippen molar-refractivity contribution in [2.24, 2.45) is 0 Å². The average Bonchev–Trinajstić information content (AvgIpc) is 3.43. The zero-order valence-corrected chi connectivity index (χ0v) is 17.6. The second-order valence-corrected chi connectivity index (χ2v) is 9.08. The Labute approximate surface area is 177 Å². The number of methoxy groups -OCH3 is 1. The average molecular weight is 447 g/mol. The fraction of sp³-hybridized carbons (Fsp3) is 0.263. The van der Waals surface area contributed by atoms with Crippen molar-refractivity contribution in [2.75, 3.05) is 19.0 Å². The number of para-hydroxylation sites is 1. The molecule has 11 heteroatoms. The van der Waals surface area contributed by atoms with Gasteiger partial charge in [0.05, 0.1) is 30.1 Å². The molecule has 0 saturated carbocycles. The van der Waals surface area contributed by atoms with Crippen molar-refractivity contribution in [3.8, 4) is 0 Å². The summed E-state index contributed by atoms with van der Waals surface area (Å²) in [4.78, 5) is 25.0. The number of fused-ring (bicyclic) bond motifs is 1. The third-order valence-electron chi connectivity index (χ3n) is 4.93. The van der Waals surface area contributed by atoms with Gasteiger partial charge in [-0.15, -0.1) is 0 Å². The third-order valence-corrected chi connectivity index (χ3v) is 7.41. The van der Waals surface area contributed by atoms with Crippen molar-refractivity contribution in [3.63, 3.8) is 0 Å². The SMILES string of the molecule is COC(=O)c1ccccc1NC(=O)[C@@H]1CCCN1S(=O)(=O)c1cccc2nsnc12. The van der Waals surface area contributed by atoms with Crippen LogP contribution >= 0.6 is 11.7 Å². The van der Waals surface area contributed by atoms with Gasteiger partial charge in [0.2, 0.25) is 15.9 Å². The standard InChI is InChI=1S/C19H18N4O5S2/c1-28-19(25)12-6-2-3-7-13(12)20-18(24)15-9-5-11-23(15)30(26,27)16-10-4-8-14-17(16)22-29-21-14/h2-4,6-8,10,15H,5,9,11H2,1H3,(H,20,24)/t15-/m0/s1. The summed E-state index contributed by atoms with van der Waals surface area (Å²) in [5, 5.41) is 2.68. The minimum absolute atomic E-state index is 0.0309. The normalized spacial score (nSPS) is 17.2. The van der Waals surface area contributed by atoms with E-state index in [1.165, 1.54) is 23.5 Å². The van der Waals surface area contributed by atoms with E-state index in [1.54, 1.807) is 30.3 Å². The fourth-order valence-corrected chi connectivity index (χ4v) is 5.91. The van der Waals surface area contributed by atoms with E-state index in [2.05, 4.69) is 14.1 Å². The van der Waals surface area contributed by atoms with E-state index < -0.39 is 27.9 Å².